The van der Waals surface area contributed by atoms with Crippen LogP contribution in [-0.4, -0.2) is 32.2 Å². The molecule has 1 aromatic heterocycles. The van der Waals surface area contributed by atoms with Crippen LogP contribution in [0.4, 0.5) is 5.69 Å². The molecule has 0 fully saturated rings. The normalized spacial score (nSPS) is 11.8. The molecule has 1 amide bonds. The third-order valence-corrected chi connectivity index (χ3v) is 3.48. The summed E-state index contributed by atoms with van der Waals surface area (Å²) >= 11 is 5.82. The van der Waals surface area contributed by atoms with Crippen LogP contribution in [0.1, 0.15) is 6.92 Å². The van der Waals surface area contributed by atoms with Gasteiger partial charge in [-0.25, -0.2) is 4.68 Å². The van der Waals surface area contributed by atoms with Crippen LogP contribution >= 0.6 is 11.6 Å². The van der Waals surface area contributed by atoms with Gasteiger partial charge in [0.1, 0.15) is 12.1 Å². The van der Waals surface area contributed by atoms with Crippen molar-refractivity contribution in [1.82, 2.24) is 20.2 Å². The molecule has 0 aliphatic carbocycles. The van der Waals surface area contributed by atoms with Gasteiger partial charge < -0.3 is 10.1 Å². The number of anilines is 1. The van der Waals surface area contributed by atoms with Crippen LogP contribution in [0.15, 0.2) is 54.9 Å². The molecule has 0 aliphatic heterocycles. The molecule has 0 aliphatic rings. The highest BCUT2D eigenvalue weighted by atomic mass is 35.5. The number of benzene rings is 2. The zero-order chi connectivity index (χ0) is 16.9. The average Bonchev–Trinajstić information content (AvgIpc) is 3.12. The van der Waals surface area contributed by atoms with E-state index in [4.69, 9.17) is 16.3 Å². The minimum absolute atomic E-state index is 0.259. The van der Waals surface area contributed by atoms with E-state index in [-0.39, 0.29) is 5.91 Å². The number of nitrogens with zero attached hydrogens (tertiary/aromatic N) is 4. The first-order chi connectivity index (χ1) is 11.6. The van der Waals surface area contributed by atoms with Crippen molar-refractivity contribution < 1.29 is 9.53 Å². The molecule has 1 atom stereocenters. The van der Waals surface area contributed by atoms with E-state index < -0.39 is 6.10 Å². The first-order valence-corrected chi connectivity index (χ1v) is 7.56. The fourth-order valence-electron chi connectivity index (χ4n) is 2.01. The average molecular weight is 344 g/mol. The third kappa shape index (κ3) is 3.88. The van der Waals surface area contributed by atoms with E-state index in [0.29, 0.717) is 16.5 Å². The van der Waals surface area contributed by atoms with Crippen LogP contribution in [0.2, 0.25) is 5.02 Å². The largest absolute Gasteiger partial charge is 0.481 e. The zero-order valence-electron chi connectivity index (χ0n) is 12.8. The Hall–Kier alpha value is -2.93. The SMILES string of the molecule is C[C@H](Oc1cccc(-n2cnnn2)c1)C(=O)Nc1ccc(Cl)cc1. The molecular weight excluding hydrogens is 330 g/mol. The number of halogens is 1. The molecule has 0 saturated heterocycles. The Bertz CT molecular complexity index is 821. The molecule has 0 radical (unpaired) electrons. The molecule has 24 heavy (non-hydrogen) atoms. The van der Waals surface area contributed by atoms with Crippen molar-refractivity contribution in [3.05, 3.63) is 59.9 Å². The predicted octanol–water partition coefficient (Wildman–Crippen LogP) is 2.72. The minimum atomic E-state index is -0.676. The van der Waals surface area contributed by atoms with Crippen LogP contribution in [0.25, 0.3) is 5.69 Å². The summed E-state index contributed by atoms with van der Waals surface area (Å²) < 4.78 is 7.20. The summed E-state index contributed by atoms with van der Waals surface area (Å²) in [5, 5.41) is 14.4. The lowest BCUT2D eigenvalue weighted by atomic mass is 10.2. The Labute approximate surface area is 143 Å². The number of hydrogen-bond acceptors (Lipinski definition) is 5. The van der Waals surface area contributed by atoms with Crippen LogP contribution < -0.4 is 10.1 Å². The third-order valence-electron chi connectivity index (χ3n) is 3.23. The highest BCUT2D eigenvalue weighted by Crippen LogP contribution is 2.18. The maximum absolute atomic E-state index is 12.2. The molecule has 7 nitrogen and oxygen atoms in total. The molecule has 1 heterocycles. The van der Waals surface area contributed by atoms with Crippen LogP contribution in [-0.2, 0) is 4.79 Å². The Morgan fingerprint density at radius 3 is 2.75 bits per heavy atom. The molecule has 0 saturated carbocycles. The van der Waals surface area contributed by atoms with Gasteiger partial charge in [-0.05, 0) is 53.7 Å². The summed E-state index contributed by atoms with van der Waals surface area (Å²) in [6.07, 6.45) is 0.806. The van der Waals surface area contributed by atoms with Gasteiger partial charge in [0.15, 0.2) is 6.10 Å². The molecule has 0 bridgehead atoms. The summed E-state index contributed by atoms with van der Waals surface area (Å²) in [7, 11) is 0. The fourth-order valence-corrected chi connectivity index (χ4v) is 2.14. The van der Waals surface area contributed by atoms with Crippen molar-refractivity contribution in [3.8, 4) is 11.4 Å². The quantitative estimate of drug-likeness (QED) is 0.770. The van der Waals surface area contributed by atoms with Gasteiger partial charge in [0.25, 0.3) is 5.91 Å². The number of rotatable bonds is 5. The monoisotopic (exact) mass is 343 g/mol. The lowest BCUT2D eigenvalue weighted by Gasteiger charge is -2.15. The summed E-state index contributed by atoms with van der Waals surface area (Å²) in [5.41, 5.74) is 1.39. The van der Waals surface area contributed by atoms with Crippen LogP contribution in [0, 0.1) is 0 Å². The Morgan fingerprint density at radius 1 is 1.25 bits per heavy atom. The van der Waals surface area contributed by atoms with Gasteiger partial charge in [0.05, 0.1) is 5.69 Å². The number of amides is 1. The summed E-state index contributed by atoms with van der Waals surface area (Å²) in [6, 6.07) is 14.0. The molecule has 8 heteroatoms. The molecule has 1 N–H and O–H groups in total. The van der Waals surface area contributed by atoms with Gasteiger partial charge in [-0.2, -0.15) is 0 Å². The van der Waals surface area contributed by atoms with Crippen LogP contribution in [0.3, 0.4) is 0 Å². The fraction of sp³-hybridized carbons (Fsp3) is 0.125. The van der Waals surface area contributed by atoms with E-state index in [1.165, 1.54) is 11.0 Å². The highest BCUT2D eigenvalue weighted by molar-refractivity contribution is 6.30. The van der Waals surface area contributed by atoms with E-state index >= 15 is 0 Å². The number of carbonyl (C=O) groups excluding carboxylic acids is 1. The van der Waals surface area contributed by atoms with E-state index in [0.717, 1.165) is 5.69 Å². The summed E-state index contributed by atoms with van der Waals surface area (Å²) in [6.45, 7) is 1.68. The van der Waals surface area contributed by atoms with Gasteiger partial charge in [0, 0.05) is 16.8 Å². The molecule has 3 aromatic rings. The summed E-state index contributed by atoms with van der Waals surface area (Å²) in [5.74, 6) is 0.284. The zero-order valence-corrected chi connectivity index (χ0v) is 13.5. The molecule has 3 rings (SSSR count). The molecule has 122 valence electrons. The second-order valence-corrected chi connectivity index (χ2v) is 5.44. The maximum atomic E-state index is 12.2. The minimum Gasteiger partial charge on any atom is -0.481 e. The number of nitrogens with one attached hydrogen (secondary N) is 1. The van der Waals surface area contributed by atoms with Crippen molar-refractivity contribution in [2.24, 2.45) is 0 Å². The smallest absolute Gasteiger partial charge is 0.265 e. The maximum Gasteiger partial charge on any atom is 0.265 e. The van der Waals surface area contributed by atoms with Crippen molar-refractivity contribution in [2.45, 2.75) is 13.0 Å². The first-order valence-electron chi connectivity index (χ1n) is 7.18. The van der Waals surface area contributed by atoms with Gasteiger partial charge in [0.2, 0.25) is 0 Å². The van der Waals surface area contributed by atoms with Crippen LogP contribution in [0.5, 0.6) is 5.75 Å². The topological polar surface area (TPSA) is 81.9 Å². The first kappa shape index (κ1) is 15.9. The molecule has 2 aromatic carbocycles. The van der Waals surface area contributed by atoms with E-state index in [1.807, 2.05) is 6.07 Å². The van der Waals surface area contributed by atoms with Gasteiger partial charge in [-0.15, -0.1) is 5.10 Å². The Balaban J connectivity index is 1.65. The van der Waals surface area contributed by atoms with Gasteiger partial charge in [-0.3, -0.25) is 4.79 Å². The lowest BCUT2D eigenvalue weighted by molar-refractivity contribution is -0.122. The van der Waals surface area contributed by atoms with E-state index in [9.17, 15) is 4.79 Å². The van der Waals surface area contributed by atoms with Crippen molar-refractivity contribution >= 4 is 23.2 Å². The summed E-state index contributed by atoms with van der Waals surface area (Å²) in [4.78, 5) is 12.2. The highest BCUT2D eigenvalue weighted by Gasteiger charge is 2.15. The van der Waals surface area contributed by atoms with E-state index in [2.05, 4.69) is 20.8 Å². The van der Waals surface area contributed by atoms with Gasteiger partial charge >= 0.3 is 0 Å². The lowest BCUT2D eigenvalue weighted by Crippen LogP contribution is -2.30. The van der Waals surface area contributed by atoms with Crippen molar-refractivity contribution in [2.75, 3.05) is 5.32 Å². The van der Waals surface area contributed by atoms with Crippen molar-refractivity contribution in [1.29, 1.82) is 0 Å². The number of aromatic nitrogens is 4. The number of ether oxygens (including phenoxy) is 1. The van der Waals surface area contributed by atoms with Crippen molar-refractivity contribution in [3.63, 3.8) is 0 Å². The molecule has 0 spiro atoms. The predicted molar refractivity (Wildman–Crippen MR) is 89.3 cm³/mol. The second-order valence-electron chi connectivity index (χ2n) is 5.01. The van der Waals surface area contributed by atoms with Gasteiger partial charge in [-0.1, -0.05) is 17.7 Å². The standard InChI is InChI=1S/C16H14ClN5O2/c1-11(16(23)19-13-7-5-12(17)6-8-13)24-15-4-2-3-14(9-15)22-10-18-20-21-22/h2-11H,1H3,(H,19,23)/t11-/m0/s1. The number of hydrogen-bond donors (Lipinski definition) is 1. The Kier molecular flexibility index (Phi) is 4.72. The van der Waals surface area contributed by atoms with E-state index in [1.54, 1.807) is 49.4 Å². The molecular formula is C16H14ClN5O2. The Morgan fingerprint density at radius 2 is 2.04 bits per heavy atom. The number of carbonyl (C=O) groups is 1. The second kappa shape index (κ2) is 7.10. The molecule has 0 unspecified atom stereocenters. The number of tetrazole rings is 1.